The van der Waals surface area contributed by atoms with Gasteiger partial charge in [-0.3, -0.25) is 4.90 Å². The average molecular weight is 349 g/mol. The highest BCUT2D eigenvalue weighted by Gasteiger charge is 2.20. The smallest absolute Gasteiger partial charge is 0.139 e. The molecule has 2 heterocycles. The number of aromatic nitrogens is 2. The van der Waals surface area contributed by atoms with E-state index in [1.165, 1.54) is 24.0 Å². The molecule has 0 bridgehead atoms. The molecule has 2 aromatic carbocycles. The number of piperidine rings is 1. The van der Waals surface area contributed by atoms with E-state index in [1.807, 2.05) is 24.4 Å². The molecule has 3 nitrogen and oxygen atoms in total. The van der Waals surface area contributed by atoms with Crippen molar-refractivity contribution in [3.05, 3.63) is 78.4 Å². The molecule has 0 saturated carbocycles. The van der Waals surface area contributed by atoms with Crippen molar-refractivity contribution < 1.29 is 4.39 Å². The van der Waals surface area contributed by atoms with Crippen molar-refractivity contribution in [2.45, 2.75) is 25.9 Å². The molecule has 3 aromatic rings. The van der Waals surface area contributed by atoms with Crippen LogP contribution in [0.2, 0.25) is 0 Å². The van der Waals surface area contributed by atoms with Crippen LogP contribution in [0.1, 0.15) is 18.4 Å². The number of halogens is 1. The lowest BCUT2D eigenvalue weighted by atomic mass is 9.96. The monoisotopic (exact) mass is 349 g/mol. The first-order valence-corrected chi connectivity index (χ1v) is 9.31. The fourth-order valence-electron chi connectivity index (χ4n) is 3.76. The first kappa shape index (κ1) is 17.0. The summed E-state index contributed by atoms with van der Waals surface area (Å²) < 4.78 is 15.3. The molecule has 1 aliphatic heterocycles. The van der Waals surface area contributed by atoms with Crippen molar-refractivity contribution in [1.82, 2.24) is 14.5 Å². The fraction of sp³-hybridized carbons (Fsp3) is 0.318. The highest BCUT2D eigenvalue weighted by atomic mass is 19.1. The molecule has 0 amide bonds. The number of nitrogens with zero attached hydrogens (tertiary/aromatic N) is 3. The van der Waals surface area contributed by atoms with Crippen LogP contribution in [0, 0.1) is 11.7 Å². The van der Waals surface area contributed by atoms with Crippen molar-refractivity contribution in [3.63, 3.8) is 0 Å². The molecule has 4 rings (SSSR count). The summed E-state index contributed by atoms with van der Waals surface area (Å²) in [5, 5.41) is 0. The Labute approximate surface area is 154 Å². The van der Waals surface area contributed by atoms with E-state index in [1.54, 1.807) is 12.1 Å². The summed E-state index contributed by atoms with van der Waals surface area (Å²) in [6.07, 6.45) is 6.36. The number of likely N-dealkylation sites (tertiary alicyclic amines) is 1. The summed E-state index contributed by atoms with van der Waals surface area (Å²) >= 11 is 0. The van der Waals surface area contributed by atoms with Gasteiger partial charge in [0.2, 0.25) is 0 Å². The molecule has 4 heteroatoms. The van der Waals surface area contributed by atoms with E-state index in [2.05, 4.69) is 44.9 Å². The molecule has 0 aliphatic carbocycles. The molecule has 1 saturated heterocycles. The average Bonchev–Trinajstić information content (AvgIpc) is 3.14. The van der Waals surface area contributed by atoms with Crippen molar-refractivity contribution in [2.24, 2.45) is 5.92 Å². The second kappa shape index (κ2) is 7.83. The van der Waals surface area contributed by atoms with Gasteiger partial charge in [-0.15, -0.1) is 0 Å². The van der Waals surface area contributed by atoms with Crippen LogP contribution in [0.15, 0.2) is 67.0 Å². The summed E-state index contributed by atoms with van der Waals surface area (Å²) in [4.78, 5) is 7.02. The number of imidazole rings is 1. The molecule has 0 radical (unpaired) electrons. The van der Waals surface area contributed by atoms with Gasteiger partial charge in [0.15, 0.2) is 0 Å². The van der Waals surface area contributed by atoms with Gasteiger partial charge in [0.05, 0.1) is 0 Å². The van der Waals surface area contributed by atoms with Gasteiger partial charge >= 0.3 is 0 Å². The number of rotatable bonds is 5. The van der Waals surface area contributed by atoms with Gasteiger partial charge in [0.25, 0.3) is 0 Å². The second-order valence-corrected chi connectivity index (χ2v) is 7.12. The molecule has 0 spiro atoms. The van der Waals surface area contributed by atoms with Crippen molar-refractivity contribution >= 4 is 0 Å². The topological polar surface area (TPSA) is 21.1 Å². The molecule has 0 unspecified atom stereocenters. The van der Waals surface area contributed by atoms with Crippen molar-refractivity contribution in [1.29, 1.82) is 0 Å². The van der Waals surface area contributed by atoms with Gasteiger partial charge < -0.3 is 4.57 Å². The normalized spacial score (nSPS) is 16.0. The van der Waals surface area contributed by atoms with Crippen LogP contribution in [0.4, 0.5) is 4.39 Å². The third kappa shape index (κ3) is 4.02. The van der Waals surface area contributed by atoms with Crippen molar-refractivity contribution in [2.75, 3.05) is 13.1 Å². The van der Waals surface area contributed by atoms with Crippen LogP contribution < -0.4 is 0 Å². The predicted octanol–water partition coefficient (Wildman–Crippen LogP) is 4.60. The van der Waals surface area contributed by atoms with Gasteiger partial charge in [-0.1, -0.05) is 42.5 Å². The minimum atomic E-state index is -0.165. The lowest BCUT2D eigenvalue weighted by Crippen LogP contribution is -2.34. The maximum Gasteiger partial charge on any atom is 0.139 e. The zero-order valence-corrected chi connectivity index (χ0v) is 14.9. The zero-order chi connectivity index (χ0) is 17.8. The van der Waals surface area contributed by atoms with Gasteiger partial charge in [-0.2, -0.15) is 0 Å². The molecule has 1 aliphatic rings. The van der Waals surface area contributed by atoms with E-state index < -0.39 is 0 Å². The SMILES string of the molecule is Fc1ccc(CN2CCC(Cn3ccnc3-c3ccccc3)CC2)cc1. The molecule has 26 heavy (non-hydrogen) atoms. The third-order valence-corrected chi connectivity index (χ3v) is 5.23. The quantitative estimate of drug-likeness (QED) is 0.671. The van der Waals surface area contributed by atoms with Crippen LogP contribution in [0.5, 0.6) is 0 Å². The first-order valence-electron chi connectivity index (χ1n) is 9.31. The van der Waals surface area contributed by atoms with E-state index in [0.29, 0.717) is 5.92 Å². The summed E-state index contributed by atoms with van der Waals surface area (Å²) in [6.45, 7) is 4.12. The highest BCUT2D eigenvalue weighted by Crippen LogP contribution is 2.24. The largest absolute Gasteiger partial charge is 0.331 e. The summed E-state index contributed by atoms with van der Waals surface area (Å²) in [5.74, 6) is 1.57. The van der Waals surface area contributed by atoms with Gasteiger partial charge in [-0.25, -0.2) is 9.37 Å². The van der Waals surface area contributed by atoms with Crippen molar-refractivity contribution in [3.8, 4) is 11.4 Å². The Bertz CT molecular complexity index is 818. The summed E-state index contributed by atoms with van der Waals surface area (Å²) in [7, 11) is 0. The fourth-order valence-corrected chi connectivity index (χ4v) is 3.76. The molecule has 0 atom stereocenters. The van der Waals surface area contributed by atoms with E-state index in [4.69, 9.17) is 0 Å². The molecular formula is C22H24FN3. The lowest BCUT2D eigenvalue weighted by Gasteiger charge is -2.32. The maximum atomic E-state index is 13.0. The Balaban J connectivity index is 1.33. The summed E-state index contributed by atoms with van der Waals surface area (Å²) in [6, 6.07) is 17.3. The number of hydrogen-bond acceptors (Lipinski definition) is 2. The first-order chi connectivity index (χ1) is 12.8. The van der Waals surface area contributed by atoms with Crippen LogP contribution in [0.3, 0.4) is 0 Å². The Kier molecular flexibility index (Phi) is 5.12. The Morgan fingerprint density at radius 2 is 1.69 bits per heavy atom. The zero-order valence-electron chi connectivity index (χ0n) is 14.9. The molecule has 134 valence electrons. The molecule has 1 fully saturated rings. The van der Waals surface area contributed by atoms with Crippen LogP contribution >= 0.6 is 0 Å². The van der Waals surface area contributed by atoms with E-state index in [9.17, 15) is 4.39 Å². The maximum absolute atomic E-state index is 13.0. The molecule has 1 aromatic heterocycles. The van der Waals surface area contributed by atoms with Crippen LogP contribution in [0.25, 0.3) is 11.4 Å². The van der Waals surface area contributed by atoms with Crippen LogP contribution in [-0.2, 0) is 13.1 Å². The highest BCUT2D eigenvalue weighted by molar-refractivity contribution is 5.55. The van der Waals surface area contributed by atoms with Gasteiger partial charge in [-0.05, 0) is 49.5 Å². The Morgan fingerprint density at radius 1 is 0.962 bits per heavy atom. The van der Waals surface area contributed by atoms with Gasteiger partial charge in [0.1, 0.15) is 11.6 Å². The lowest BCUT2D eigenvalue weighted by molar-refractivity contribution is 0.167. The summed E-state index contributed by atoms with van der Waals surface area (Å²) in [5.41, 5.74) is 2.36. The van der Waals surface area contributed by atoms with E-state index >= 15 is 0 Å². The number of benzene rings is 2. The van der Waals surface area contributed by atoms with E-state index in [0.717, 1.165) is 32.0 Å². The molecule has 0 N–H and O–H groups in total. The minimum absolute atomic E-state index is 0.165. The van der Waals surface area contributed by atoms with Crippen LogP contribution in [-0.4, -0.2) is 27.5 Å². The van der Waals surface area contributed by atoms with Gasteiger partial charge in [0, 0.05) is 31.0 Å². The Hall–Kier alpha value is -2.46. The predicted molar refractivity (Wildman–Crippen MR) is 102 cm³/mol. The molecular weight excluding hydrogens is 325 g/mol. The second-order valence-electron chi connectivity index (χ2n) is 7.12. The minimum Gasteiger partial charge on any atom is -0.331 e. The third-order valence-electron chi connectivity index (χ3n) is 5.23. The Morgan fingerprint density at radius 3 is 2.42 bits per heavy atom. The number of hydrogen-bond donors (Lipinski definition) is 0. The van der Waals surface area contributed by atoms with E-state index in [-0.39, 0.29) is 5.82 Å². The standard InChI is InChI=1S/C22H24FN3/c23-21-8-6-18(7-9-21)16-25-13-10-19(11-14-25)17-26-15-12-24-22(26)20-4-2-1-3-5-20/h1-9,12,15,19H,10-11,13-14,16-17H2.